The molecule has 0 aliphatic carbocycles. The van der Waals surface area contributed by atoms with Gasteiger partial charge in [0.25, 0.3) is 0 Å². The zero-order valence-corrected chi connectivity index (χ0v) is 14.2. The van der Waals surface area contributed by atoms with E-state index in [1.807, 2.05) is 0 Å². The molecule has 0 aliphatic heterocycles. The number of methoxy groups -OCH3 is 3. The van der Waals surface area contributed by atoms with Crippen LogP contribution in [0.2, 0.25) is 0 Å². The van der Waals surface area contributed by atoms with Crippen molar-refractivity contribution < 1.29 is 33.9 Å². The number of rotatable bonds is 4. The third-order valence-corrected chi connectivity index (χ3v) is 3.94. The van der Waals surface area contributed by atoms with Crippen LogP contribution < -0.4 is 19.6 Å². The monoisotopic (exact) mass is 360 g/mol. The summed E-state index contributed by atoms with van der Waals surface area (Å²) in [5.74, 6) is -1.45. The Hall–Kier alpha value is -3.55. The maximum atomic E-state index is 12.5. The van der Waals surface area contributed by atoms with Gasteiger partial charge in [-0.3, -0.25) is 4.79 Å². The number of phenols is 2. The van der Waals surface area contributed by atoms with Gasteiger partial charge in [0.1, 0.15) is 11.0 Å². The van der Waals surface area contributed by atoms with Crippen LogP contribution in [0.25, 0.3) is 22.3 Å². The van der Waals surface area contributed by atoms with Crippen molar-refractivity contribution in [3.05, 3.63) is 34.5 Å². The number of aromatic hydroxyl groups is 3. The molecule has 0 bridgehead atoms. The molecule has 8 heteroatoms. The van der Waals surface area contributed by atoms with Gasteiger partial charge in [-0.2, -0.15) is 0 Å². The SMILES string of the molecule is COc1ccc(-c2oc3cc(OC)c(O)c(O)c3c(=O)c2O)cc1OC. The zero-order chi connectivity index (χ0) is 19.0. The normalized spacial score (nSPS) is 10.7. The van der Waals surface area contributed by atoms with Crippen LogP contribution in [-0.2, 0) is 0 Å². The minimum absolute atomic E-state index is 0.0651. The lowest BCUT2D eigenvalue weighted by Gasteiger charge is -2.12. The number of hydrogen-bond donors (Lipinski definition) is 3. The molecule has 0 amide bonds. The summed E-state index contributed by atoms with van der Waals surface area (Å²) in [6.07, 6.45) is 0. The van der Waals surface area contributed by atoms with Crippen molar-refractivity contribution in [2.75, 3.05) is 21.3 Å². The molecule has 0 atom stereocenters. The van der Waals surface area contributed by atoms with Crippen LogP contribution in [0.3, 0.4) is 0 Å². The van der Waals surface area contributed by atoms with Gasteiger partial charge >= 0.3 is 0 Å². The van der Waals surface area contributed by atoms with E-state index >= 15 is 0 Å². The fourth-order valence-electron chi connectivity index (χ4n) is 2.62. The fraction of sp³-hybridized carbons (Fsp3) is 0.167. The lowest BCUT2D eigenvalue weighted by Crippen LogP contribution is -2.03. The van der Waals surface area contributed by atoms with E-state index in [1.54, 1.807) is 12.1 Å². The van der Waals surface area contributed by atoms with Crippen molar-refractivity contribution in [2.24, 2.45) is 0 Å². The van der Waals surface area contributed by atoms with Crippen LogP contribution in [0.15, 0.2) is 33.5 Å². The van der Waals surface area contributed by atoms with Gasteiger partial charge < -0.3 is 33.9 Å². The van der Waals surface area contributed by atoms with Crippen LogP contribution >= 0.6 is 0 Å². The Bertz CT molecular complexity index is 1050. The second kappa shape index (κ2) is 6.40. The molecule has 3 rings (SSSR count). The topological polar surface area (TPSA) is 119 Å². The van der Waals surface area contributed by atoms with Crippen molar-refractivity contribution in [1.82, 2.24) is 0 Å². The molecule has 0 radical (unpaired) electrons. The zero-order valence-electron chi connectivity index (χ0n) is 14.2. The van der Waals surface area contributed by atoms with Crippen LogP contribution in [0.5, 0.6) is 34.5 Å². The summed E-state index contributed by atoms with van der Waals surface area (Å²) in [5.41, 5.74) is -0.609. The Kier molecular flexibility index (Phi) is 4.25. The fourth-order valence-corrected chi connectivity index (χ4v) is 2.62. The summed E-state index contributed by atoms with van der Waals surface area (Å²) in [6.45, 7) is 0. The van der Waals surface area contributed by atoms with E-state index in [-0.39, 0.29) is 22.5 Å². The molecule has 0 saturated heterocycles. The highest BCUT2D eigenvalue weighted by atomic mass is 16.5. The van der Waals surface area contributed by atoms with Gasteiger partial charge in [-0.05, 0) is 18.2 Å². The van der Waals surface area contributed by atoms with Crippen molar-refractivity contribution in [2.45, 2.75) is 0 Å². The van der Waals surface area contributed by atoms with Crippen LogP contribution in [0.4, 0.5) is 0 Å². The second-order valence-electron chi connectivity index (χ2n) is 5.33. The van der Waals surface area contributed by atoms with Gasteiger partial charge in [0.05, 0.1) is 21.3 Å². The summed E-state index contributed by atoms with van der Waals surface area (Å²) < 4.78 is 20.9. The molecule has 8 nitrogen and oxygen atoms in total. The van der Waals surface area contributed by atoms with E-state index in [0.29, 0.717) is 17.1 Å². The summed E-state index contributed by atoms with van der Waals surface area (Å²) in [6, 6.07) is 5.94. The molecule has 0 unspecified atom stereocenters. The molecule has 0 aliphatic rings. The van der Waals surface area contributed by atoms with Crippen LogP contribution in [0.1, 0.15) is 0 Å². The minimum Gasteiger partial charge on any atom is -0.504 e. The largest absolute Gasteiger partial charge is 0.504 e. The number of hydrogen-bond acceptors (Lipinski definition) is 8. The number of ether oxygens (including phenoxy) is 3. The maximum absolute atomic E-state index is 12.5. The molecule has 1 heterocycles. The number of fused-ring (bicyclic) bond motifs is 1. The van der Waals surface area contributed by atoms with Gasteiger partial charge in [-0.15, -0.1) is 0 Å². The molecular formula is C18H16O8. The second-order valence-corrected chi connectivity index (χ2v) is 5.33. The highest BCUT2D eigenvalue weighted by molar-refractivity contribution is 5.91. The van der Waals surface area contributed by atoms with E-state index in [4.69, 9.17) is 18.6 Å². The Morgan fingerprint density at radius 1 is 0.808 bits per heavy atom. The Labute approximate surface area is 147 Å². The lowest BCUT2D eigenvalue weighted by molar-refractivity contribution is 0.352. The Balaban J connectivity index is 2.33. The van der Waals surface area contributed by atoms with Gasteiger partial charge in [0, 0.05) is 11.6 Å². The van der Waals surface area contributed by atoms with E-state index in [9.17, 15) is 20.1 Å². The third-order valence-electron chi connectivity index (χ3n) is 3.94. The number of benzene rings is 2. The first-order valence-corrected chi connectivity index (χ1v) is 7.44. The van der Waals surface area contributed by atoms with Gasteiger partial charge in [0.2, 0.25) is 16.9 Å². The first-order valence-electron chi connectivity index (χ1n) is 7.44. The molecular weight excluding hydrogens is 344 g/mol. The average Bonchev–Trinajstić information content (AvgIpc) is 2.66. The predicted octanol–water partition coefficient (Wildman–Crippen LogP) is 2.60. The molecule has 0 spiro atoms. The highest BCUT2D eigenvalue weighted by Crippen LogP contribution is 2.43. The van der Waals surface area contributed by atoms with E-state index in [1.165, 1.54) is 33.5 Å². The Morgan fingerprint density at radius 3 is 2.08 bits per heavy atom. The van der Waals surface area contributed by atoms with Crippen LogP contribution in [0, 0.1) is 0 Å². The highest BCUT2D eigenvalue weighted by Gasteiger charge is 2.23. The predicted molar refractivity (Wildman–Crippen MR) is 92.6 cm³/mol. The molecule has 26 heavy (non-hydrogen) atoms. The molecule has 3 aromatic rings. The standard InChI is InChI=1S/C18H16O8/c1-23-9-5-4-8(6-10(9)24-2)18-17(22)16(21)13-11(26-18)7-12(25-3)14(19)15(13)20/h4-7,19-20,22H,1-3H3. The van der Waals surface area contributed by atoms with Crippen molar-refractivity contribution in [3.8, 4) is 45.8 Å². The average molecular weight is 360 g/mol. The van der Waals surface area contributed by atoms with Gasteiger partial charge in [0.15, 0.2) is 28.8 Å². The quantitative estimate of drug-likeness (QED) is 0.608. The first-order chi connectivity index (χ1) is 12.4. The van der Waals surface area contributed by atoms with Crippen molar-refractivity contribution in [1.29, 1.82) is 0 Å². The molecule has 1 aromatic heterocycles. The molecule has 2 aromatic carbocycles. The summed E-state index contributed by atoms with van der Waals surface area (Å²) in [4.78, 5) is 12.5. The van der Waals surface area contributed by atoms with E-state index in [0.717, 1.165) is 0 Å². The van der Waals surface area contributed by atoms with Gasteiger partial charge in [-0.25, -0.2) is 0 Å². The van der Waals surface area contributed by atoms with Gasteiger partial charge in [-0.1, -0.05) is 0 Å². The Morgan fingerprint density at radius 2 is 1.46 bits per heavy atom. The molecule has 3 N–H and O–H groups in total. The summed E-state index contributed by atoms with van der Waals surface area (Å²) >= 11 is 0. The lowest BCUT2D eigenvalue weighted by atomic mass is 10.1. The van der Waals surface area contributed by atoms with Crippen molar-refractivity contribution in [3.63, 3.8) is 0 Å². The molecule has 0 fully saturated rings. The minimum atomic E-state index is -0.897. The summed E-state index contributed by atoms with van der Waals surface area (Å²) in [7, 11) is 4.21. The summed E-state index contributed by atoms with van der Waals surface area (Å²) in [5, 5.41) is 29.8. The first kappa shape index (κ1) is 17.3. The van der Waals surface area contributed by atoms with E-state index < -0.39 is 22.7 Å². The molecule has 136 valence electrons. The smallest absolute Gasteiger partial charge is 0.238 e. The van der Waals surface area contributed by atoms with Crippen LogP contribution in [-0.4, -0.2) is 36.6 Å². The third kappa shape index (κ3) is 2.52. The molecule has 0 saturated carbocycles. The maximum Gasteiger partial charge on any atom is 0.238 e. The van der Waals surface area contributed by atoms with E-state index in [2.05, 4.69) is 0 Å². The van der Waals surface area contributed by atoms with Crippen molar-refractivity contribution >= 4 is 11.0 Å². The number of phenolic OH excluding ortho intramolecular Hbond substituents is 2.